The van der Waals surface area contributed by atoms with Gasteiger partial charge in [0, 0.05) is 41.3 Å². The number of amides is 1. The zero-order valence-electron chi connectivity index (χ0n) is 23.4. The Bertz CT molecular complexity index is 1340. The highest BCUT2D eigenvalue weighted by molar-refractivity contribution is 14.0. The van der Waals surface area contributed by atoms with Crippen molar-refractivity contribution in [3.63, 3.8) is 0 Å². The third-order valence-electron chi connectivity index (χ3n) is 7.98. The van der Waals surface area contributed by atoms with Crippen molar-refractivity contribution in [3.05, 3.63) is 83.4 Å². The second kappa shape index (κ2) is 13.2. The molecule has 1 saturated heterocycles. The zero-order valence-corrected chi connectivity index (χ0v) is 25.8. The van der Waals surface area contributed by atoms with Gasteiger partial charge in [-0.05, 0) is 85.9 Å². The molecule has 3 atom stereocenters. The fourth-order valence-electron chi connectivity index (χ4n) is 5.22. The van der Waals surface area contributed by atoms with Crippen LogP contribution in [0.25, 0.3) is 17.2 Å². The molecule has 0 saturated carbocycles. The van der Waals surface area contributed by atoms with E-state index in [-0.39, 0.29) is 47.4 Å². The highest BCUT2D eigenvalue weighted by Gasteiger charge is 2.37. The van der Waals surface area contributed by atoms with Crippen molar-refractivity contribution in [2.75, 3.05) is 25.1 Å². The van der Waals surface area contributed by atoms with E-state index in [9.17, 15) is 4.79 Å². The third-order valence-corrected chi connectivity index (χ3v) is 7.98. The topological polar surface area (TPSA) is 82.8 Å². The lowest BCUT2D eigenvalue weighted by atomic mass is 9.78. The quantitative estimate of drug-likeness (QED) is 0.272. The molecular formula is C33H39IN2O4. The Labute approximate surface area is 254 Å². The maximum Gasteiger partial charge on any atom is 0.251 e. The molecule has 0 bridgehead atoms. The highest BCUT2D eigenvalue weighted by Crippen LogP contribution is 2.33. The first-order chi connectivity index (χ1) is 18.8. The molecule has 3 unspecified atom stereocenters. The number of nitrogens with one attached hydrogen (secondary N) is 1. The van der Waals surface area contributed by atoms with Crippen LogP contribution in [0.2, 0.25) is 0 Å². The van der Waals surface area contributed by atoms with Crippen molar-refractivity contribution in [3.8, 4) is 22.6 Å². The molecule has 1 fully saturated rings. The average Bonchev–Trinajstić information content (AvgIpc) is 3.15. The van der Waals surface area contributed by atoms with Gasteiger partial charge in [-0.25, -0.2) is 0 Å². The van der Waals surface area contributed by atoms with Crippen LogP contribution in [0.1, 0.15) is 44.7 Å². The number of ether oxygens (including phenoxy) is 3. The minimum atomic E-state index is -0.208. The zero-order chi connectivity index (χ0) is 27.4. The van der Waals surface area contributed by atoms with Gasteiger partial charge < -0.3 is 25.3 Å². The molecule has 2 aliphatic rings. The van der Waals surface area contributed by atoms with E-state index in [0.717, 1.165) is 46.7 Å². The molecule has 40 heavy (non-hydrogen) atoms. The van der Waals surface area contributed by atoms with Gasteiger partial charge >= 0.3 is 0 Å². The van der Waals surface area contributed by atoms with Crippen LogP contribution in [-0.2, 0) is 16.0 Å². The predicted molar refractivity (Wildman–Crippen MR) is 171 cm³/mol. The molecule has 3 aromatic carbocycles. The SMILES string of the molecule is CCOc1ccc(-c2ccc3c(c2)C=C(C(=O)Nc2ccc(CC4OCCC(C)(N)C4C)cc2)CCO3)cc1.I. The van der Waals surface area contributed by atoms with Gasteiger partial charge in [-0.2, -0.15) is 0 Å². The number of carbonyl (C=O) groups is 1. The number of halogens is 1. The van der Waals surface area contributed by atoms with Crippen LogP contribution in [0, 0.1) is 5.92 Å². The Kier molecular flexibility index (Phi) is 9.92. The van der Waals surface area contributed by atoms with E-state index >= 15 is 0 Å². The summed E-state index contributed by atoms with van der Waals surface area (Å²) >= 11 is 0. The molecule has 6 nitrogen and oxygen atoms in total. The summed E-state index contributed by atoms with van der Waals surface area (Å²) in [4.78, 5) is 13.2. The van der Waals surface area contributed by atoms with Gasteiger partial charge in [0.25, 0.3) is 5.91 Å². The molecule has 7 heteroatoms. The van der Waals surface area contributed by atoms with Crippen molar-refractivity contribution in [1.82, 2.24) is 0 Å². The fraction of sp³-hybridized carbons (Fsp3) is 0.364. The fourth-order valence-corrected chi connectivity index (χ4v) is 5.22. The third kappa shape index (κ3) is 7.06. The summed E-state index contributed by atoms with van der Waals surface area (Å²) in [6.07, 6.45) is 4.25. The first-order valence-corrected chi connectivity index (χ1v) is 13.8. The van der Waals surface area contributed by atoms with Gasteiger partial charge in [0.15, 0.2) is 0 Å². The van der Waals surface area contributed by atoms with Crippen LogP contribution in [0.15, 0.2) is 72.3 Å². The Morgan fingerprint density at radius 2 is 1.77 bits per heavy atom. The van der Waals surface area contributed by atoms with Gasteiger partial charge in [-0.15, -0.1) is 24.0 Å². The van der Waals surface area contributed by atoms with Crippen LogP contribution in [-0.4, -0.2) is 37.4 Å². The van der Waals surface area contributed by atoms with Crippen molar-refractivity contribution < 1.29 is 19.0 Å². The molecular weight excluding hydrogens is 615 g/mol. The van der Waals surface area contributed by atoms with Crippen molar-refractivity contribution in [1.29, 1.82) is 0 Å². The molecule has 0 radical (unpaired) electrons. The molecule has 2 heterocycles. The van der Waals surface area contributed by atoms with E-state index in [1.807, 2.05) is 61.5 Å². The van der Waals surface area contributed by atoms with E-state index in [2.05, 4.69) is 37.4 Å². The van der Waals surface area contributed by atoms with Crippen molar-refractivity contribution in [2.24, 2.45) is 11.7 Å². The summed E-state index contributed by atoms with van der Waals surface area (Å²) in [6, 6.07) is 22.1. The lowest BCUT2D eigenvalue weighted by molar-refractivity contribution is -0.113. The number of hydrogen-bond donors (Lipinski definition) is 2. The Morgan fingerprint density at radius 3 is 2.50 bits per heavy atom. The lowest BCUT2D eigenvalue weighted by Crippen LogP contribution is -2.53. The Hall–Kier alpha value is -2.88. The molecule has 1 amide bonds. The number of rotatable bonds is 7. The Balaban J connectivity index is 0.00000370. The maximum atomic E-state index is 13.2. The second-order valence-corrected chi connectivity index (χ2v) is 10.8. The summed E-state index contributed by atoms with van der Waals surface area (Å²) in [5.41, 5.74) is 11.9. The number of anilines is 1. The molecule has 212 valence electrons. The van der Waals surface area contributed by atoms with Gasteiger partial charge in [-0.1, -0.05) is 37.3 Å². The van der Waals surface area contributed by atoms with Gasteiger partial charge in [0.05, 0.1) is 19.3 Å². The smallest absolute Gasteiger partial charge is 0.251 e. The highest BCUT2D eigenvalue weighted by atomic mass is 127. The van der Waals surface area contributed by atoms with E-state index in [0.29, 0.717) is 31.8 Å². The summed E-state index contributed by atoms with van der Waals surface area (Å²) in [5.74, 6) is 1.79. The minimum absolute atomic E-state index is 0. The molecule has 5 rings (SSSR count). The van der Waals surface area contributed by atoms with E-state index in [1.165, 1.54) is 5.56 Å². The number of carbonyl (C=O) groups excluding carboxylic acids is 1. The molecule has 0 aromatic heterocycles. The molecule has 2 aliphatic heterocycles. The van der Waals surface area contributed by atoms with E-state index in [4.69, 9.17) is 19.9 Å². The number of fused-ring (bicyclic) bond motifs is 1. The average molecular weight is 655 g/mol. The Morgan fingerprint density at radius 1 is 1.05 bits per heavy atom. The first-order valence-electron chi connectivity index (χ1n) is 13.8. The summed E-state index contributed by atoms with van der Waals surface area (Å²) in [7, 11) is 0. The summed E-state index contributed by atoms with van der Waals surface area (Å²) < 4.78 is 17.5. The second-order valence-electron chi connectivity index (χ2n) is 10.8. The van der Waals surface area contributed by atoms with Crippen LogP contribution in [0.5, 0.6) is 11.5 Å². The van der Waals surface area contributed by atoms with Crippen LogP contribution < -0.4 is 20.5 Å². The van der Waals surface area contributed by atoms with Gasteiger partial charge in [0.2, 0.25) is 0 Å². The number of nitrogens with two attached hydrogens (primary N) is 1. The van der Waals surface area contributed by atoms with Crippen molar-refractivity contribution >= 4 is 41.6 Å². The normalized spacial score (nSPS) is 22.1. The predicted octanol–water partition coefficient (Wildman–Crippen LogP) is 6.86. The van der Waals surface area contributed by atoms with E-state index < -0.39 is 0 Å². The molecule has 0 aliphatic carbocycles. The van der Waals surface area contributed by atoms with Crippen LogP contribution in [0.3, 0.4) is 0 Å². The molecule has 3 N–H and O–H groups in total. The first kappa shape index (κ1) is 30.1. The van der Waals surface area contributed by atoms with E-state index in [1.54, 1.807) is 0 Å². The standard InChI is InChI=1S/C33H38N2O4.HI/c1-4-37-29-12-7-24(8-13-29)25-9-14-30-27(20-25)21-26(15-17-38-30)32(36)35-28-10-5-23(6-11-28)19-31-22(2)33(3,34)16-18-39-31;/h5-14,20-22,31H,4,15-19,34H2,1-3H3,(H,35,36);1H. The summed E-state index contributed by atoms with van der Waals surface area (Å²) in [5, 5.41) is 3.06. The monoisotopic (exact) mass is 654 g/mol. The number of benzene rings is 3. The maximum absolute atomic E-state index is 13.2. The summed E-state index contributed by atoms with van der Waals surface area (Å²) in [6.45, 7) is 8.03. The molecule has 3 aromatic rings. The van der Waals surface area contributed by atoms with Gasteiger partial charge in [0.1, 0.15) is 11.5 Å². The number of hydrogen-bond acceptors (Lipinski definition) is 5. The largest absolute Gasteiger partial charge is 0.494 e. The van der Waals surface area contributed by atoms with Crippen molar-refractivity contribution in [2.45, 2.75) is 51.7 Å². The minimum Gasteiger partial charge on any atom is -0.494 e. The van der Waals surface area contributed by atoms with Gasteiger partial charge in [-0.3, -0.25) is 4.79 Å². The lowest BCUT2D eigenvalue weighted by Gasteiger charge is -2.42. The van der Waals surface area contributed by atoms with Crippen LogP contribution in [0.4, 0.5) is 5.69 Å². The van der Waals surface area contributed by atoms with Crippen LogP contribution >= 0.6 is 24.0 Å². The molecule has 0 spiro atoms.